The van der Waals surface area contributed by atoms with Crippen molar-refractivity contribution < 1.29 is 9.59 Å². The number of nitrogens with one attached hydrogen (secondary N) is 2. The molecule has 23 heavy (non-hydrogen) atoms. The standard InChI is InChI=1S/C18H24N2O2S/c21-16(1-3-19-18(22)13-2-4-23-10-13)20-17-14-6-11-5-12(8-14)9-15(17)7-11/h2,4,10-12,14-15,17H,1,3,5-9H2,(H,19,22)(H,20,21). The van der Waals surface area contributed by atoms with Crippen LogP contribution in [0.2, 0.25) is 0 Å². The molecule has 2 N–H and O–H groups in total. The number of thiophene rings is 1. The van der Waals surface area contributed by atoms with Gasteiger partial charge in [0.2, 0.25) is 5.91 Å². The summed E-state index contributed by atoms with van der Waals surface area (Å²) >= 11 is 1.50. The molecule has 4 fully saturated rings. The molecule has 5 heteroatoms. The first-order valence-electron chi connectivity index (χ1n) is 8.79. The molecule has 1 aromatic heterocycles. The van der Waals surface area contributed by atoms with E-state index in [4.69, 9.17) is 0 Å². The van der Waals surface area contributed by atoms with E-state index < -0.39 is 0 Å². The van der Waals surface area contributed by atoms with E-state index in [0.717, 1.165) is 11.8 Å². The molecular weight excluding hydrogens is 308 g/mol. The zero-order valence-electron chi connectivity index (χ0n) is 13.3. The number of hydrogen-bond donors (Lipinski definition) is 2. The summed E-state index contributed by atoms with van der Waals surface area (Å²) in [5.74, 6) is 3.26. The monoisotopic (exact) mass is 332 g/mol. The quantitative estimate of drug-likeness (QED) is 0.871. The summed E-state index contributed by atoms with van der Waals surface area (Å²) in [5, 5.41) is 9.81. The highest BCUT2D eigenvalue weighted by Crippen LogP contribution is 2.53. The average Bonchev–Trinajstić information content (AvgIpc) is 3.04. The van der Waals surface area contributed by atoms with Crippen molar-refractivity contribution in [2.45, 2.75) is 44.6 Å². The minimum absolute atomic E-state index is 0.0892. The van der Waals surface area contributed by atoms with Crippen LogP contribution in [0.3, 0.4) is 0 Å². The predicted octanol–water partition coefficient (Wildman–Crippen LogP) is 2.81. The lowest BCUT2D eigenvalue weighted by Gasteiger charge is -2.54. The normalized spacial score (nSPS) is 34.3. The minimum Gasteiger partial charge on any atom is -0.353 e. The number of hydrogen-bond acceptors (Lipinski definition) is 3. The topological polar surface area (TPSA) is 58.2 Å². The summed E-state index contributed by atoms with van der Waals surface area (Å²) in [6, 6.07) is 2.19. The smallest absolute Gasteiger partial charge is 0.252 e. The molecule has 0 spiro atoms. The molecule has 0 unspecified atom stereocenters. The zero-order chi connectivity index (χ0) is 15.8. The van der Waals surface area contributed by atoms with Crippen LogP contribution in [0.5, 0.6) is 0 Å². The fraction of sp³-hybridized carbons (Fsp3) is 0.667. The molecule has 4 bridgehead atoms. The Kier molecular flexibility index (Phi) is 4.14. The van der Waals surface area contributed by atoms with E-state index in [1.807, 2.05) is 10.8 Å². The van der Waals surface area contributed by atoms with Crippen molar-refractivity contribution in [3.05, 3.63) is 22.4 Å². The zero-order valence-corrected chi connectivity index (χ0v) is 14.1. The van der Waals surface area contributed by atoms with E-state index in [1.165, 1.54) is 43.4 Å². The lowest BCUT2D eigenvalue weighted by molar-refractivity contribution is -0.124. The molecule has 4 aliphatic carbocycles. The first-order chi connectivity index (χ1) is 11.2. The van der Waals surface area contributed by atoms with Crippen LogP contribution in [0.15, 0.2) is 16.8 Å². The van der Waals surface area contributed by atoms with Crippen LogP contribution in [0.4, 0.5) is 0 Å². The third-order valence-corrected chi connectivity index (χ3v) is 6.66. The van der Waals surface area contributed by atoms with Gasteiger partial charge in [-0.3, -0.25) is 9.59 Å². The first-order valence-corrected chi connectivity index (χ1v) is 9.73. The molecule has 1 heterocycles. The second kappa shape index (κ2) is 6.27. The maximum atomic E-state index is 12.2. The molecule has 1 aromatic rings. The Labute approximate surface area is 141 Å². The van der Waals surface area contributed by atoms with Gasteiger partial charge in [-0.05, 0) is 67.2 Å². The van der Waals surface area contributed by atoms with Crippen LogP contribution < -0.4 is 10.6 Å². The van der Waals surface area contributed by atoms with Crippen molar-refractivity contribution in [2.24, 2.45) is 23.7 Å². The van der Waals surface area contributed by atoms with Crippen LogP contribution in [0.25, 0.3) is 0 Å². The second-order valence-corrected chi connectivity index (χ2v) is 8.32. The Morgan fingerprint density at radius 2 is 1.78 bits per heavy atom. The van der Waals surface area contributed by atoms with Gasteiger partial charge in [0, 0.05) is 30.0 Å². The molecule has 124 valence electrons. The molecule has 0 aliphatic heterocycles. The van der Waals surface area contributed by atoms with Gasteiger partial charge in [-0.25, -0.2) is 0 Å². The third-order valence-electron chi connectivity index (χ3n) is 5.98. The molecule has 4 nitrogen and oxygen atoms in total. The lowest BCUT2D eigenvalue weighted by Crippen LogP contribution is -2.56. The predicted molar refractivity (Wildman–Crippen MR) is 90.2 cm³/mol. The van der Waals surface area contributed by atoms with Crippen molar-refractivity contribution in [1.29, 1.82) is 0 Å². The van der Waals surface area contributed by atoms with Crippen molar-refractivity contribution >= 4 is 23.2 Å². The van der Waals surface area contributed by atoms with Gasteiger partial charge in [0.05, 0.1) is 0 Å². The number of carbonyl (C=O) groups is 2. The first kappa shape index (κ1) is 15.2. The van der Waals surface area contributed by atoms with Crippen LogP contribution >= 0.6 is 11.3 Å². The van der Waals surface area contributed by atoms with Gasteiger partial charge in [-0.2, -0.15) is 11.3 Å². The van der Waals surface area contributed by atoms with Gasteiger partial charge in [-0.15, -0.1) is 0 Å². The van der Waals surface area contributed by atoms with Crippen LogP contribution in [-0.4, -0.2) is 24.4 Å². The van der Waals surface area contributed by atoms with Crippen LogP contribution in [0.1, 0.15) is 48.9 Å². The van der Waals surface area contributed by atoms with Crippen LogP contribution in [-0.2, 0) is 4.79 Å². The van der Waals surface area contributed by atoms with Gasteiger partial charge in [0.15, 0.2) is 0 Å². The number of amides is 2. The summed E-state index contributed by atoms with van der Waals surface area (Å²) in [6.07, 6.45) is 7.06. The fourth-order valence-corrected chi connectivity index (χ4v) is 5.84. The third kappa shape index (κ3) is 3.16. The highest BCUT2D eigenvalue weighted by atomic mass is 32.1. The van der Waals surface area contributed by atoms with E-state index in [2.05, 4.69) is 10.6 Å². The largest absolute Gasteiger partial charge is 0.353 e. The highest BCUT2D eigenvalue weighted by Gasteiger charge is 2.48. The van der Waals surface area contributed by atoms with E-state index in [1.54, 1.807) is 6.07 Å². The van der Waals surface area contributed by atoms with E-state index in [-0.39, 0.29) is 11.8 Å². The molecule has 4 aliphatic rings. The van der Waals surface area contributed by atoms with E-state index >= 15 is 0 Å². The van der Waals surface area contributed by atoms with Gasteiger partial charge in [0.25, 0.3) is 5.91 Å². The van der Waals surface area contributed by atoms with Crippen molar-refractivity contribution in [3.63, 3.8) is 0 Å². The second-order valence-electron chi connectivity index (χ2n) is 7.54. The fourth-order valence-electron chi connectivity index (χ4n) is 5.20. The summed E-state index contributed by atoms with van der Waals surface area (Å²) in [7, 11) is 0. The molecule has 0 atom stereocenters. The lowest BCUT2D eigenvalue weighted by atomic mass is 9.54. The Hall–Kier alpha value is -1.36. The maximum Gasteiger partial charge on any atom is 0.252 e. The SMILES string of the molecule is O=C(CCNC(=O)c1ccsc1)NC1C2CC3CC(C2)CC1C3. The minimum atomic E-state index is -0.0892. The molecular formula is C18H24N2O2S. The molecule has 4 saturated carbocycles. The number of carbonyl (C=O) groups excluding carboxylic acids is 2. The average molecular weight is 332 g/mol. The highest BCUT2D eigenvalue weighted by molar-refractivity contribution is 7.08. The molecule has 0 radical (unpaired) electrons. The van der Waals surface area contributed by atoms with Gasteiger partial charge in [0.1, 0.15) is 0 Å². The Balaban J connectivity index is 1.24. The van der Waals surface area contributed by atoms with E-state index in [9.17, 15) is 9.59 Å². The molecule has 5 rings (SSSR count). The Morgan fingerprint density at radius 3 is 2.39 bits per heavy atom. The van der Waals surface area contributed by atoms with E-state index in [0.29, 0.717) is 36.4 Å². The summed E-state index contributed by atoms with van der Waals surface area (Å²) in [5.41, 5.74) is 0.677. The van der Waals surface area contributed by atoms with Crippen molar-refractivity contribution in [1.82, 2.24) is 10.6 Å². The van der Waals surface area contributed by atoms with Gasteiger partial charge in [-0.1, -0.05) is 0 Å². The summed E-state index contributed by atoms with van der Waals surface area (Å²) < 4.78 is 0. The van der Waals surface area contributed by atoms with Crippen molar-refractivity contribution in [3.8, 4) is 0 Å². The molecule has 2 amide bonds. The Bertz CT molecular complexity index is 556. The summed E-state index contributed by atoms with van der Waals surface area (Å²) in [4.78, 5) is 24.1. The van der Waals surface area contributed by atoms with Gasteiger partial charge >= 0.3 is 0 Å². The Morgan fingerprint density at radius 1 is 1.09 bits per heavy atom. The maximum absolute atomic E-state index is 12.2. The van der Waals surface area contributed by atoms with Gasteiger partial charge < -0.3 is 10.6 Å². The molecule has 0 aromatic carbocycles. The van der Waals surface area contributed by atoms with Crippen LogP contribution in [0, 0.1) is 23.7 Å². The van der Waals surface area contributed by atoms with Crippen molar-refractivity contribution in [2.75, 3.05) is 6.54 Å². The molecule has 0 saturated heterocycles. The summed E-state index contributed by atoms with van der Waals surface area (Å²) in [6.45, 7) is 0.411. The number of rotatable bonds is 5.